The summed E-state index contributed by atoms with van der Waals surface area (Å²) in [6, 6.07) is 5.89. The van der Waals surface area contributed by atoms with Crippen molar-refractivity contribution in [1.29, 1.82) is 0 Å². The van der Waals surface area contributed by atoms with Crippen molar-refractivity contribution in [1.82, 2.24) is 0 Å². The van der Waals surface area contributed by atoms with Crippen molar-refractivity contribution in [2.45, 2.75) is 25.2 Å². The molecule has 0 unspecified atom stereocenters. The number of carbonyl (C=O) groups is 1. The van der Waals surface area contributed by atoms with Crippen LogP contribution in [0, 0.1) is 6.92 Å². The topological polar surface area (TPSA) is 17.1 Å². The van der Waals surface area contributed by atoms with Crippen LogP contribution in [0.5, 0.6) is 0 Å². The van der Waals surface area contributed by atoms with E-state index in [1.165, 1.54) is 0 Å². The lowest BCUT2D eigenvalue weighted by molar-refractivity contribution is -0.109. The molecule has 0 amide bonds. The maximum atomic E-state index is 10.8. The molecule has 0 atom stereocenters. The fourth-order valence-corrected chi connectivity index (χ4v) is 1.69. The lowest BCUT2D eigenvalue weighted by Crippen LogP contribution is -2.07. The summed E-state index contributed by atoms with van der Waals surface area (Å²) >= 11 is 5.99. The molecule has 13 heavy (non-hydrogen) atoms. The number of benzene rings is 1. The summed E-state index contributed by atoms with van der Waals surface area (Å²) in [5.41, 5.74) is 1.93. The molecule has 1 aliphatic carbocycles. The van der Waals surface area contributed by atoms with E-state index in [0.29, 0.717) is 0 Å². The predicted molar refractivity (Wildman–Crippen MR) is 53.2 cm³/mol. The average Bonchev–Trinajstić information content (AvgIpc) is 2.90. The highest BCUT2D eigenvalue weighted by atomic mass is 35.5. The third kappa shape index (κ3) is 1.37. The summed E-state index contributed by atoms with van der Waals surface area (Å²) in [4.78, 5) is 10.8. The van der Waals surface area contributed by atoms with E-state index in [9.17, 15) is 4.79 Å². The number of hydrogen-bond donors (Lipinski definition) is 0. The van der Waals surface area contributed by atoms with Gasteiger partial charge in [0.25, 0.3) is 0 Å². The number of aryl methyl sites for hydroxylation is 1. The Morgan fingerprint density at radius 2 is 2.15 bits per heavy atom. The van der Waals surface area contributed by atoms with Gasteiger partial charge in [0.15, 0.2) is 0 Å². The summed E-state index contributed by atoms with van der Waals surface area (Å²) in [7, 11) is 0. The Hall–Kier alpha value is -0.820. The molecule has 0 saturated heterocycles. The lowest BCUT2D eigenvalue weighted by atomic mass is 9.97. The van der Waals surface area contributed by atoms with Gasteiger partial charge in [0, 0.05) is 5.02 Å². The largest absolute Gasteiger partial charge is 0.302 e. The molecular formula is C11H11ClO. The highest BCUT2D eigenvalue weighted by Crippen LogP contribution is 2.46. The van der Waals surface area contributed by atoms with Crippen LogP contribution < -0.4 is 0 Å². The van der Waals surface area contributed by atoms with Crippen LogP contribution in [-0.4, -0.2) is 6.29 Å². The molecule has 68 valence electrons. The molecule has 2 heteroatoms. The third-order valence-corrected chi connectivity index (χ3v) is 3.17. The number of hydrogen-bond acceptors (Lipinski definition) is 1. The van der Waals surface area contributed by atoms with E-state index in [4.69, 9.17) is 11.6 Å². The molecule has 1 aliphatic rings. The SMILES string of the molecule is Cc1ccc(C2(C=O)CC2)cc1Cl. The molecule has 1 aromatic rings. The van der Waals surface area contributed by atoms with Crippen LogP contribution in [0.1, 0.15) is 24.0 Å². The van der Waals surface area contributed by atoms with Gasteiger partial charge in [-0.25, -0.2) is 0 Å². The third-order valence-electron chi connectivity index (χ3n) is 2.76. The Bertz CT molecular complexity index is 353. The van der Waals surface area contributed by atoms with E-state index in [0.717, 1.165) is 35.3 Å². The van der Waals surface area contributed by atoms with Crippen LogP contribution in [-0.2, 0) is 10.2 Å². The second-order valence-corrected chi connectivity index (χ2v) is 4.15. The van der Waals surface area contributed by atoms with Crippen LogP contribution in [0.2, 0.25) is 5.02 Å². The first-order valence-electron chi connectivity index (χ1n) is 4.41. The van der Waals surface area contributed by atoms with Crippen LogP contribution in [0.3, 0.4) is 0 Å². The molecule has 0 aliphatic heterocycles. The summed E-state index contributed by atoms with van der Waals surface area (Å²) in [6.07, 6.45) is 2.99. The zero-order valence-electron chi connectivity index (χ0n) is 7.51. The Morgan fingerprint density at radius 1 is 1.46 bits per heavy atom. The molecule has 1 aromatic carbocycles. The highest BCUT2D eigenvalue weighted by Gasteiger charge is 2.44. The van der Waals surface area contributed by atoms with Gasteiger partial charge in [0.2, 0.25) is 0 Å². The second kappa shape index (κ2) is 2.85. The van der Waals surface area contributed by atoms with Crippen molar-refractivity contribution in [3.05, 3.63) is 34.3 Å². The number of carbonyl (C=O) groups excluding carboxylic acids is 1. The number of halogens is 1. The Balaban J connectivity index is 2.42. The Labute approximate surface area is 82.7 Å². The average molecular weight is 195 g/mol. The molecule has 0 aromatic heterocycles. The predicted octanol–water partition coefficient (Wildman–Crippen LogP) is 2.88. The van der Waals surface area contributed by atoms with Gasteiger partial charge in [-0.05, 0) is 37.0 Å². The van der Waals surface area contributed by atoms with Crippen molar-refractivity contribution in [3.63, 3.8) is 0 Å². The van der Waals surface area contributed by atoms with Gasteiger partial charge >= 0.3 is 0 Å². The summed E-state index contributed by atoms with van der Waals surface area (Å²) in [5.74, 6) is 0. The number of aldehydes is 1. The zero-order chi connectivity index (χ0) is 9.47. The summed E-state index contributed by atoms with van der Waals surface area (Å²) in [5, 5.41) is 0.755. The van der Waals surface area contributed by atoms with Crippen molar-refractivity contribution in [3.8, 4) is 0 Å². The maximum Gasteiger partial charge on any atom is 0.130 e. The van der Waals surface area contributed by atoms with Gasteiger partial charge in [-0.2, -0.15) is 0 Å². The minimum absolute atomic E-state index is 0.197. The molecule has 1 nitrogen and oxygen atoms in total. The van der Waals surface area contributed by atoms with Gasteiger partial charge in [-0.1, -0.05) is 23.7 Å². The Kier molecular flexibility index (Phi) is 1.92. The summed E-state index contributed by atoms with van der Waals surface area (Å²) < 4.78 is 0. The van der Waals surface area contributed by atoms with Crippen LogP contribution >= 0.6 is 11.6 Å². The highest BCUT2D eigenvalue weighted by molar-refractivity contribution is 6.31. The van der Waals surface area contributed by atoms with Gasteiger partial charge in [-0.15, -0.1) is 0 Å². The van der Waals surface area contributed by atoms with E-state index in [2.05, 4.69) is 0 Å². The van der Waals surface area contributed by atoms with E-state index in [1.807, 2.05) is 25.1 Å². The first-order valence-corrected chi connectivity index (χ1v) is 4.79. The van der Waals surface area contributed by atoms with E-state index in [-0.39, 0.29) is 5.41 Å². The summed E-state index contributed by atoms with van der Waals surface area (Å²) in [6.45, 7) is 1.96. The fraction of sp³-hybridized carbons (Fsp3) is 0.364. The van der Waals surface area contributed by atoms with Crippen molar-refractivity contribution >= 4 is 17.9 Å². The van der Waals surface area contributed by atoms with E-state index in [1.54, 1.807) is 0 Å². The van der Waals surface area contributed by atoms with E-state index < -0.39 is 0 Å². The molecule has 2 rings (SSSR count). The van der Waals surface area contributed by atoms with E-state index >= 15 is 0 Å². The zero-order valence-corrected chi connectivity index (χ0v) is 8.27. The van der Waals surface area contributed by atoms with Gasteiger partial charge in [0.05, 0.1) is 5.41 Å². The normalized spacial score (nSPS) is 18.3. The lowest BCUT2D eigenvalue weighted by Gasteiger charge is -2.08. The van der Waals surface area contributed by atoms with Crippen molar-refractivity contribution in [2.24, 2.45) is 0 Å². The first kappa shape index (κ1) is 8.76. The van der Waals surface area contributed by atoms with Crippen molar-refractivity contribution < 1.29 is 4.79 Å². The fourth-order valence-electron chi connectivity index (χ4n) is 1.51. The minimum atomic E-state index is -0.197. The molecule has 0 heterocycles. The maximum absolute atomic E-state index is 10.8. The second-order valence-electron chi connectivity index (χ2n) is 3.74. The van der Waals surface area contributed by atoms with Crippen LogP contribution in [0.4, 0.5) is 0 Å². The molecule has 0 radical (unpaired) electrons. The quantitative estimate of drug-likeness (QED) is 0.662. The van der Waals surface area contributed by atoms with Gasteiger partial charge in [0.1, 0.15) is 6.29 Å². The van der Waals surface area contributed by atoms with Crippen LogP contribution in [0.25, 0.3) is 0 Å². The van der Waals surface area contributed by atoms with Gasteiger partial charge < -0.3 is 4.79 Å². The van der Waals surface area contributed by atoms with Crippen LogP contribution in [0.15, 0.2) is 18.2 Å². The van der Waals surface area contributed by atoms with Gasteiger partial charge in [-0.3, -0.25) is 0 Å². The molecule has 0 bridgehead atoms. The smallest absolute Gasteiger partial charge is 0.130 e. The molecule has 0 N–H and O–H groups in total. The molecule has 1 saturated carbocycles. The first-order chi connectivity index (χ1) is 6.18. The van der Waals surface area contributed by atoms with Crippen molar-refractivity contribution in [2.75, 3.05) is 0 Å². The monoisotopic (exact) mass is 194 g/mol. The standard InChI is InChI=1S/C11H11ClO/c1-8-2-3-9(6-10(8)12)11(7-13)4-5-11/h2-3,6-7H,4-5H2,1H3. The Morgan fingerprint density at radius 3 is 2.62 bits per heavy atom. The molecule has 0 spiro atoms. The molecular weight excluding hydrogens is 184 g/mol. The molecule has 1 fully saturated rings. The number of rotatable bonds is 2. The minimum Gasteiger partial charge on any atom is -0.302 e.